The number of aromatic nitrogens is 1. The van der Waals surface area contributed by atoms with Crippen LogP contribution < -0.4 is 5.32 Å². The van der Waals surface area contributed by atoms with Crippen LogP contribution in [0.3, 0.4) is 0 Å². The highest BCUT2D eigenvalue weighted by molar-refractivity contribution is 9.10. The second-order valence-electron chi connectivity index (χ2n) is 4.02. The van der Waals surface area contributed by atoms with Gasteiger partial charge in [0.05, 0.1) is 11.7 Å². The Bertz CT molecular complexity index is 607. The summed E-state index contributed by atoms with van der Waals surface area (Å²) in [7, 11) is 0. The van der Waals surface area contributed by atoms with E-state index >= 15 is 0 Å². The third kappa shape index (κ3) is 3.42. The largest absolute Gasteiger partial charge is 0.376 e. The van der Waals surface area contributed by atoms with Crippen molar-refractivity contribution in [2.24, 2.45) is 0 Å². The summed E-state index contributed by atoms with van der Waals surface area (Å²) in [5.74, 6) is -0.955. The molecule has 2 rings (SSSR count). The van der Waals surface area contributed by atoms with Crippen molar-refractivity contribution in [2.75, 3.05) is 5.32 Å². The molecular weight excluding hydrogens is 338 g/mol. The molecule has 19 heavy (non-hydrogen) atoms. The zero-order chi connectivity index (χ0) is 14.0. The first kappa shape index (κ1) is 14.2. The predicted molar refractivity (Wildman–Crippen MR) is 75.3 cm³/mol. The third-order valence-electron chi connectivity index (χ3n) is 2.60. The van der Waals surface area contributed by atoms with Crippen LogP contribution in [0.15, 0.2) is 34.9 Å². The third-order valence-corrected chi connectivity index (χ3v) is 3.34. The van der Waals surface area contributed by atoms with Crippen LogP contribution in [0.5, 0.6) is 0 Å². The van der Waals surface area contributed by atoms with Crippen LogP contribution in [-0.2, 0) is 0 Å². The molecule has 0 fully saturated rings. The molecule has 6 heteroatoms. The maximum atomic E-state index is 13.6. The first-order chi connectivity index (χ1) is 8.97. The van der Waals surface area contributed by atoms with Gasteiger partial charge in [-0.2, -0.15) is 0 Å². The summed E-state index contributed by atoms with van der Waals surface area (Å²) in [6.45, 7) is 1.72. The number of halogens is 4. The first-order valence-electron chi connectivity index (χ1n) is 5.50. The predicted octanol–water partition coefficient (Wildman–Crippen LogP) is 4.95. The number of pyridine rings is 1. The lowest BCUT2D eigenvalue weighted by molar-refractivity contribution is 0.577. The number of hydrogen-bond acceptors (Lipinski definition) is 2. The molecule has 0 saturated carbocycles. The monoisotopic (exact) mass is 346 g/mol. The maximum Gasteiger partial charge on any atom is 0.152 e. The van der Waals surface area contributed by atoms with Gasteiger partial charge in [0, 0.05) is 16.2 Å². The molecule has 0 bridgehead atoms. The van der Waals surface area contributed by atoms with Gasteiger partial charge < -0.3 is 5.32 Å². The van der Waals surface area contributed by atoms with Crippen molar-refractivity contribution in [1.82, 2.24) is 4.98 Å². The Kier molecular flexibility index (Phi) is 4.37. The van der Waals surface area contributed by atoms with Crippen LogP contribution in [0.1, 0.15) is 18.5 Å². The van der Waals surface area contributed by atoms with E-state index in [0.717, 1.165) is 22.7 Å². The Morgan fingerprint density at radius 2 is 2.05 bits per heavy atom. The summed E-state index contributed by atoms with van der Waals surface area (Å²) in [5.41, 5.74) is 0.781. The average molecular weight is 348 g/mol. The van der Waals surface area contributed by atoms with E-state index in [1.165, 1.54) is 0 Å². The van der Waals surface area contributed by atoms with Crippen molar-refractivity contribution < 1.29 is 8.78 Å². The van der Waals surface area contributed by atoms with Crippen LogP contribution in [0.25, 0.3) is 0 Å². The van der Waals surface area contributed by atoms with Crippen LogP contribution in [0.2, 0.25) is 5.15 Å². The van der Waals surface area contributed by atoms with Gasteiger partial charge in [-0.1, -0.05) is 11.6 Å². The van der Waals surface area contributed by atoms with E-state index in [9.17, 15) is 8.78 Å². The van der Waals surface area contributed by atoms with Gasteiger partial charge in [-0.3, -0.25) is 0 Å². The Balaban J connectivity index is 2.27. The van der Waals surface area contributed by atoms with Crippen molar-refractivity contribution in [1.29, 1.82) is 0 Å². The molecule has 1 N–H and O–H groups in total. The normalized spacial score (nSPS) is 12.3. The van der Waals surface area contributed by atoms with Crippen LogP contribution in [0, 0.1) is 11.6 Å². The molecule has 0 radical (unpaired) electrons. The molecule has 0 spiro atoms. The number of rotatable bonds is 3. The highest BCUT2D eigenvalue weighted by Crippen LogP contribution is 2.28. The molecule has 100 valence electrons. The van der Waals surface area contributed by atoms with Gasteiger partial charge >= 0.3 is 0 Å². The molecule has 2 aromatic rings. The van der Waals surface area contributed by atoms with E-state index < -0.39 is 17.7 Å². The van der Waals surface area contributed by atoms with Gasteiger partial charge in [0.1, 0.15) is 11.6 Å². The Labute approximate surface area is 122 Å². The smallest absolute Gasteiger partial charge is 0.152 e. The van der Waals surface area contributed by atoms with Gasteiger partial charge in [0.25, 0.3) is 0 Å². The van der Waals surface area contributed by atoms with Crippen LogP contribution >= 0.6 is 27.5 Å². The molecule has 0 amide bonds. The number of nitrogens with zero attached hydrogens (tertiary/aromatic N) is 1. The molecule has 1 atom stereocenters. The number of benzene rings is 1. The van der Waals surface area contributed by atoms with Crippen molar-refractivity contribution in [2.45, 2.75) is 13.0 Å². The Hall–Kier alpha value is -1.20. The van der Waals surface area contributed by atoms with E-state index in [1.807, 2.05) is 0 Å². The Morgan fingerprint density at radius 1 is 1.32 bits per heavy atom. The van der Waals surface area contributed by atoms with Gasteiger partial charge in [-0.25, -0.2) is 13.8 Å². The SMILES string of the molecule is CC(Nc1cc(Br)cnc1Cl)c1cc(F)ccc1F. The van der Waals surface area contributed by atoms with E-state index in [2.05, 4.69) is 26.2 Å². The molecule has 1 unspecified atom stereocenters. The number of hydrogen-bond donors (Lipinski definition) is 1. The van der Waals surface area contributed by atoms with E-state index in [4.69, 9.17) is 11.6 Å². The second kappa shape index (κ2) is 5.84. The Morgan fingerprint density at radius 3 is 2.79 bits per heavy atom. The van der Waals surface area contributed by atoms with Crippen molar-refractivity contribution in [3.8, 4) is 0 Å². The fourth-order valence-electron chi connectivity index (χ4n) is 1.68. The van der Waals surface area contributed by atoms with Gasteiger partial charge in [-0.05, 0) is 47.1 Å². The molecule has 0 aliphatic heterocycles. The molecule has 2 nitrogen and oxygen atoms in total. The lowest BCUT2D eigenvalue weighted by atomic mass is 10.1. The lowest BCUT2D eigenvalue weighted by Crippen LogP contribution is -2.09. The second-order valence-corrected chi connectivity index (χ2v) is 5.30. The topological polar surface area (TPSA) is 24.9 Å². The minimum Gasteiger partial charge on any atom is -0.376 e. The molecule has 1 aromatic heterocycles. The minimum atomic E-state index is -0.483. The summed E-state index contributed by atoms with van der Waals surface area (Å²) in [6, 6.07) is 4.63. The number of anilines is 1. The summed E-state index contributed by atoms with van der Waals surface area (Å²) in [6.07, 6.45) is 1.56. The minimum absolute atomic E-state index is 0.232. The molecule has 0 aliphatic rings. The van der Waals surface area contributed by atoms with Crippen LogP contribution in [-0.4, -0.2) is 4.98 Å². The van der Waals surface area contributed by atoms with Crippen molar-refractivity contribution in [3.63, 3.8) is 0 Å². The van der Waals surface area contributed by atoms with Crippen molar-refractivity contribution in [3.05, 3.63) is 57.3 Å². The fraction of sp³-hybridized carbons (Fsp3) is 0.154. The standard InChI is InChI=1S/C13H10BrClF2N2/c1-7(10-5-9(16)2-3-11(10)17)19-12-4-8(14)6-18-13(12)15/h2-7,19H,1H3. The average Bonchev–Trinajstić information content (AvgIpc) is 2.36. The van der Waals surface area contributed by atoms with Crippen molar-refractivity contribution >= 4 is 33.2 Å². The van der Waals surface area contributed by atoms with Gasteiger partial charge in [-0.15, -0.1) is 0 Å². The summed E-state index contributed by atoms with van der Waals surface area (Å²) in [4.78, 5) is 3.95. The highest BCUT2D eigenvalue weighted by Gasteiger charge is 2.13. The highest BCUT2D eigenvalue weighted by atomic mass is 79.9. The van der Waals surface area contributed by atoms with Crippen LogP contribution in [0.4, 0.5) is 14.5 Å². The maximum absolute atomic E-state index is 13.6. The fourth-order valence-corrected chi connectivity index (χ4v) is 2.17. The summed E-state index contributed by atoms with van der Waals surface area (Å²) >= 11 is 9.21. The quantitative estimate of drug-likeness (QED) is 0.795. The molecular formula is C13H10BrClF2N2. The zero-order valence-corrected chi connectivity index (χ0v) is 12.3. The zero-order valence-electron chi connectivity index (χ0n) is 9.92. The summed E-state index contributed by atoms with van der Waals surface area (Å²) < 4.78 is 27.5. The van der Waals surface area contributed by atoms with Gasteiger partial charge in [0.15, 0.2) is 5.15 Å². The number of nitrogens with one attached hydrogen (secondary N) is 1. The lowest BCUT2D eigenvalue weighted by Gasteiger charge is -2.17. The van der Waals surface area contributed by atoms with Gasteiger partial charge in [0.2, 0.25) is 0 Å². The van der Waals surface area contributed by atoms with E-state index in [0.29, 0.717) is 5.69 Å². The molecule has 1 aromatic carbocycles. The molecule has 0 saturated heterocycles. The molecule has 0 aliphatic carbocycles. The first-order valence-corrected chi connectivity index (χ1v) is 6.67. The summed E-state index contributed by atoms with van der Waals surface area (Å²) in [5, 5.41) is 3.27. The van der Waals surface area contributed by atoms with E-state index in [1.54, 1.807) is 19.2 Å². The van der Waals surface area contributed by atoms with E-state index in [-0.39, 0.29) is 10.7 Å². The molecule has 1 heterocycles.